The number of hydrogen-bond donors (Lipinski definition) is 9. The van der Waals surface area contributed by atoms with Gasteiger partial charge in [0.15, 0.2) is 126 Å². The number of fused-ring (bicyclic) bond motifs is 1. The van der Waals surface area contributed by atoms with Crippen LogP contribution in [0.2, 0.25) is 0 Å². The molecule has 1 fully saturated rings. The van der Waals surface area contributed by atoms with E-state index in [2.05, 4.69) is 107 Å². The van der Waals surface area contributed by atoms with Crippen molar-refractivity contribution >= 4 is 220 Å². The van der Waals surface area contributed by atoms with Crippen molar-refractivity contribution in [2.24, 2.45) is 22.9 Å². The number of nitrogens with two attached hydrogens (primary N) is 4. The summed E-state index contributed by atoms with van der Waals surface area (Å²) in [7, 11) is 0. The summed E-state index contributed by atoms with van der Waals surface area (Å²) in [6.07, 6.45) is 2.56. The molecule has 0 amide bonds. The number of amidine groups is 2. The smallest absolute Gasteiger partial charge is 1.00 e. The fourth-order valence-corrected chi connectivity index (χ4v) is 7.46. The van der Waals surface area contributed by atoms with E-state index in [1.165, 1.54) is 12.8 Å². The van der Waals surface area contributed by atoms with Crippen LogP contribution in [0.5, 0.6) is 0 Å². The van der Waals surface area contributed by atoms with Crippen molar-refractivity contribution in [1.82, 2.24) is 0 Å². The van der Waals surface area contributed by atoms with Crippen LogP contribution >= 0.6 is 175 Å². The van der Waals surface area contributed by atoms with Crippen molar-refractivity contribution in [3.63, 3.8) is 0 Å². The van der Waals surface area contributed by atoms with E-state index < -0.39 is 152 Å². The molecule has 1 saturated heterocycles. The standard InChI is InChI=1S/C10H10F4N4S2.C8H4Br2F4.C8F4O3.C8H6F4O2.C4H8O.C2H6O.CH2Cl2.CH4N2S.Al.Br3P.2BrH.Li.4H/c11-5-3(1-19-9(15)16)4(2-20-10(17)18)6(12)8(14)7(5)13;9-1-3-4(2-10)6(12)8(14)7(13)5(3)11;9-3-1-2(8(14)15-7(1)13)4(10)6(12)5(3)11;9-5-3(1-13)4(2-14)6(10)8(12)7(5)11;1-2-4-5-3-1;1-2-3;2-1-3;2-1(3)4;;1-4(2)3;;;;;;;/h1-2H2,(H3,15,16)(H3,17,18);1-2H2;;13-14H,1-2H2;1-4H2;3H,2H2,1H3;1H2;(H4,2,3,4);;;2*1H;;;;;/q;;;;;;;;;;;;+1;;;;-1. The molecule has 0 spiro atoms. The molecular formula is C42H46AlBr7Cl2F16LiN6O7PS3. The molecule has 4 aromatic rings. The molecule has 13 nitrogen and oxygen atoms in total. The third-order valence-electron chi connectivity index (χ3n) is 8.43. The second kappa shape index (κ2) is 53.0. The molecule has 488 valence electrons. The van der Waals surface area contributed by atoms with E-state index >= 15 is 0 Å². The van der Waals surface area contributed by atoms with Gasteiger partial charge in [0.25, 0.3) is 0 Å². The molecular weight excluding hydrogens is 1800 g/mol. The molecule has 0 unspecified atom stereocenters. The summed E-state index contributed by atoms with van der Waals surface area (Å²) in [5.41, 5.74) is 14.1. The topological polar surface area (TPSA) is 265 Å². The van der Waals surface area contributed by atoms with Crippen molar-refractivity contribution in [2.45, 2.75) is 55.1 Å². The first kappa shape index (κ1) is 99.1. The molecule has 44 heteroatoms. The Bertz CT molecular complexity index is 2610. The van der Waals surface area contributed by atoms with E-state index in [1.54, 1.807) is 6.92 Å². The van der Waals surface area contributed by atoms with Gasteiger partial charge in [0, 0.05) is 75.4 Å². The summed E-state index contributed by atoms with van der Waals surface area (Å²) >= 11 is 30.2. The van der Waals surface area contributed by atoms with Crippen LogP contribution in [0.25, 0.3) is 0 Å². The van der Waals surface area contributed by atoms with Gasteiger partial charge in [-0.05, 0) is 78.5 Å². The van der Waals surface area contributed by atoms with Gasteiger partial charge in [-0.2, -0.15) is 0 Å². The zero-order valence-corrected chi connectivity index (χ0v) is 58.7. The molecule has 0 saturated carbocycles. The number of aliphatic hydroxyl groups is 3. The summed E-state index contributed by atoms with van der Waals surface area (Å²) in [5.74, 6) is -32.4. The average molecular weight is 1840 g/mol. The van der Waals surface area contributed by atoms with Crippen molar-refractivity contribution in [2.75, 3.05) is 25.2 Å². The number of aliphatic hydroxyl groups excluding tert-OH is 3. The van der Waals surface area contributed by atoms with Crippen molar-refractivity contribution in [3.05, 3.63) is 138 Å². The number of cyclic esters (lactones) is 2. The maximum Gasteiger partial charge on any atom is 1.00 e. The van der Waals surface area contributed by atoms with Gasteiger partial charge in [0.05, 0.1) is 18.6 Å². The molecule has 2 aliphatic heterocycles. The zero-order chi connectivity index (χ0) is 64.6. The van der Waals surface area contributed by atoms with Crippen molar-refractivity contribution in [3.8, 4) is 0 Å². The van der Waals surface area contributed by atoms with Gasteiger partial charge in [-0.25, -0.2) is 79.8 Å². The Morgan fingerprint density at radius 1 is 0.547 bits per heavy atom. The van der Waals surface area contributed by atoms with Crippen LogP contribution in [0.15, 0.2) is 0 Å². The van der Waals surface area contributed by atoms with E-state index in [1.807, 2.05) is 0 Å². The first-order valence-electron chi connectivity index (χ1n) is 20.6. The van der Waals surface area contributed by atoms with E-state index in [0.717, 1.165) is 13.2 Å². The van der Waals surface area contributed by atoms with Gasteiger partial charge in [-0.15, -0.1) is 57.2 Å². The summed E-state index contributed by atoms with van der Waals surface area (Å²) in [6, 6.07) is 0. The van der Waals surface area contributed by atoms with Crippen LogP contribution in [-0.4, -0.2) is 85.2 Å². The summed E-state index contributed by atoms with van der Waals surface area (Å²) in [5, 5.41) is 38.0. The number of thiocarbonyl (C=S) groups is 1. The molecule has 0 bridgehead atoms. The normalized spacial score (nSPS) is 10.9. The second-order valence-corrected chi connectivity index (χ2v) is 33.3. The predicted octanol–water partition coefficient (Wildman–Crippen LogP) is 11.2. The van der Waals surface area contributed by atoms with Crippen LogP contribution < -0.4 is 41.8 Å². The van der Waals surface area contributed by atoms with Crippen LogP contribution in [0, 0.1) is 104 Å². The number of nitrogens with one attached hydrogen (secondary N) is 2. The van der Waals surface area contributed by atoms with E-state index in [0.29, 0.717) is 23.5 Å². The number of thioether (sulfide) groups is 2. The number of halogens is 25. The van der Waals surface area contributed by atoms with E-state index in [9.17, 15) is 79.8 Å². The maximum atomic E-state index is 13.7. The van der Waals surface area contributed by atoms with Gasteiger partial charge in [-0.3, -0.25) is 10.8 Å². The van der Waals surface area contributed by atoms with Gasteiger partial charge in [0.2, 0.25) is 0 Å². The fourth-order valence-electron chi connectivity index (χ4n) is 5.09. The Kier molecular flexibility index (Phi) is 61.1. The first-order chi connectivity index (χ1) is 38.1. The number of carbonyl (C=O) groups is 2. The molecule has 0 aliphatic carbocycles. The third kappa shape index (κ3) is 33.4. The zero-order valence-electron chi connectivity index (χ0n) is 43.5. The summed E-state index contributed by atoms with van der Waals surface area (Å²) < 4.78 is 216. The van der Waals surface area contributed by atoms with Crippen LogP contribution in [0.3, 0.4) is 0 Å². The number of benzene rings is 4. The van der Waals surface area contributed by atoms with Crippen LogP contribution in [-0.2, 0) is 44.9 Å². The average Bonchev–Trinajstić information content (AvgIpc) is 2.36. The maximum absolute atomic E-state index is 13.7. The molecule has 2 aliphatic rings. The van der Waals surface area contributed by atoms with Gasteiger partial charge in [0.1, 0.15) is 15.2 Å². The minimum absolute atomic E-state index is 0. The minimum atomic E-state index is -2.15. The predicted molar refractivity (Wildman–Crippen MR) is 334 cm³/mol. The Morgan fingerprint density at radius 2 is 0.744 bits per heavy atom. The van der Waals surface area contributed by atoms with E-state index in [-0.39, 0.29) is 136 Å². The SMILES string of the molecule is Br.Br.BrP(Br)Br.C1CCOC1.CCO.ClCCl.Fc1c(F)c(F)c(CBr)c(CBr)c1F.N=C(N)SCc1c(F)c(F)c(F)c(F)c1CSC(=N)N.NC(N)=S.O=C1OC(=O)c2c(F)c(F)c(F)c(F)c21.OCc1c(F)c(F)c(F)c(F)c1CO.[AlH3].[H-].[Li+]. The fraction of sp³-hybridized carbons (Fsp3) is 0.310. The molecule has 0 aromatic heterocycles. The minimum Gasteiger partial charge on any atom is -1.00 e. The number of alkyl halides is 4. The number of hydrogen-bond acceptors (Lipinski definition) is 12. The van der Waals surface area contributed by atoms with E-state index in [4.69, 9.17) is 65.5 Å². The molecule has 0 radical (unpaired) electrons. The molecule has 2 heterocycles. The number of rotatable bonds is 8. The molecule has 6 rings (SSSR count). The quantitative estimate of drug-likeness (QED) is 0.00679. The van der Waals surface area contributed by atoms with Crippen molar-refractivity contribution < 1.29 is 125 Å². The largest absolute Gasteiger partial charge is 1.00 e. The molecule has 13 N–H and O–H groups in total. The van der Waals surface area contributed by atoms with Gasteiger partial charge < -0.3 is 49.2 Å². The Balaban J connectivity index is -0.000000143. The van der Waals surface area contributed by atoms with Gasteiger partial charge >= 0.3 is 30.8 Å². The molecule has 4 aromatic carbocycles. The van der Waals surface area contributed by atoms with Crippen LogP contribution in [0.4, 0.5) is 70.2 Å². The Labute approximate surface area is 590 Å². The second-order valence-electron chi connectivity index (χ2n) is 13.5. The summed E-state index contributed by atoms with van der Waals surface area (Å²) in [6.45, 7) is 1.89. The number of carbonyl (C=O) groups excluding carboxylic acids is 2. The number of ether oxygens (including phenoxy) is 2. The molecule has 86 heavy (non-hydrogen) atoms. The number of esters is 2. The first-order valence-corrected chi connectivity index (χ1v) is 33.7. The van der Waals surface area contributed by atoms with Crippen molar-refractivity contribution in [1.29, 1.82) is 10.8 Å². The van der Waals surface area contributed by atoms with Gasteiger partial charge in [-0.1, -0.05) is 55.4 Å². The Hall–Kier alpha value is -0.430. The monoisotopic (exact) mass is 1830 g/mol. The summed E-state index contributed by atoms with van der Waals surface area (Å²) in [4.78, 5) is 21.5. The molecule has 0 atom stereocenters. The van der Waals surface area contributed by atoms with Crippen LogP contribution in [0.1, 0.15) is 75.3 Å². The third-order valence-corrected chi connectivity index (χ3v) is 11.0. The Morgan fingerprint density at radius 3 is 0.919 bits per heavy atom.